The monoisotopic (exact) mass is 344 g/mol. The molecule has 2 heterocycles. The lowest BCUT2D eigenvalue weighted by atomic mass is 10.2. The lowest BCUT2D eigenvalue weighted by Gasteiger charge is -1.98. The number of rotatable bonds is 5. The number of nitriles is 1. The predicted molar refractivity (Wildman–Crippen MR) is 90.8 cm³/mol. The first-order valence-electron chi connectivity index (χ1n) is 7.22. The summed E-state index contributed by atoms with van der Waals surface area (Å²) in [4.78, 5) is 24.2. The number of nitrogens with one attached hydrogen (secondary N) is 1. The molecule has 0 saturated carbocycles. The molecule has 0 aliphatic rings. The summed E-state index contributed by atoms with van der Waals surface area (Å²) in [5, 5.41) is 12.2. The van der Waals surface area contributed by atoms with Crippen LogP contribution in [0.4, 0.5) is 5.00 Å². The van der Waals surface area contributed by atoms with E-state index in [0.29, 0.717) is 21.2 Å². The van der Waals surface area contributed by atoms with E-state index in [1.165, 1.54) is 12.2 Å². The van der Waals surface area contributed by atoms with Crippen LogP contribution >= 0.6 is 11.3 Å². The van der Waals surface area contributed by atoms with E-state index in [-0.39, 0.29) is 12.2 Å². The van der Waals surface area contributed by atoms with E-state index >= 15 is 0 Å². The number of furan rings is 1. The van der Waals surface area contributed by atoms with Gasteiger partial charge in [0.05, 0.1) is 12.2 Å². The highest BCUT2D eigenvalue weighted by Gasteiger charge is 2.21. The average molecular weight is 344 g/mol. The van der Waals surface area contributed by atoms with Gasteiger partial charge in [0.25, 0.3) is 0 Å². The van der Waals surface area contributed by atoms with Gasteiger partial charge in [-0.1, -0.05) is 0 Å². The Balaban J connectivity index is 2.18. The topological polar surface area (TPSA) is 92.3 Å². The van der Waals surface area contributed by atoms with E-state index in [1.807, 2.05) is 13.0 Å². The fourth-order valence-electron chi connectivity index (χ4n) is 1.98. The molecule has 1 N–H and O–H groups in total. The summed E-state index contributed by atoms with van der Waals surface area (Å²) in [5.41, 5.74) is 0.764. The van der Waals surface area contributed by atoms with Crippen LogP contribution in [0.1, 0.15) is 39.2 Å². The summed E-state index contributed by atoms with van der Waals surface area (Å²) < 4.78 is 10.3. The molecule has 0 aliphatic carbocycles. The van der Waals surface area contributed by atoms with Gasteiger partial charge in [0.1, 0.15) is 27.5 Å². The van der Waals surface area contributed by atoms with Gasteiger partial charge < -0.3 is 14.5 Å². The van der Waals surface area contributed by atoms with Gasteiger partial charge in [0.15, 0.2) is 0 Å². The van der Waals surface area contributed by atoms with E-state index in [4.69, 9.17) is 9.15 Å². The predicted octanol–water partition coefficient (Wildman–Crippen LogP) is 3.66. The Morgan fingerprint density at radius 3 is 2.75 bits per heavy atom. The van der Waals surface area contributed by atoms with Crippen molar-refractivity contribution in [2.75, 3.05) is 11.9 Å². The Hall–Kier alpha value is -2.85. The molecule has 0 radical (unpaired) electrons. The fraction of sp³-hybridized carbons (Fsp3) is 0.235. The van der Waals surface area contributed by atoms with Gasteiger partial charge in [-0.05, 0) is 44.5 Å². The quantitative estimate of drug-likeness (QED) is 0.660. The standard InChI is InChI=1S/C17H16N2O4S/c1-4-22-17(21)15-11(3)13(9-18)16(24-15)19-14(20)8-7-12-6-5-10(2)23-12/h5-8H,4H2,1-3H3,(H,19,20)/b8-7+. The second-order valence-electron chi connectivity index (χ2n) is 4.86. The van der Waals surface area contributed by atoms with Gasteiger partial charge >= 0.3 is 5.97 Å². The molecule has 0 aromatic carbocycles. The second-order valence-corrected chi connectivity index (χ2v) is 5.88. The summed E-state index contributed by atoms with van der Waals surface area (Å²) in [6.45, 7) is 5.40. The number of anilines is 1. The number of esters is 1. The Kier molecular flexibility index (Phi) is 5.55. The molecule has 0 spiro atoms. The molecule has 0 aliphatic heterocycles. The summed E-state index contributed by atoms with van der Waals surface area (Å²) in [6, 6.07) is 5.54. The summed E-state index contributed by atoms with van der Waals surface area (Å²) in [5.74, 6) is 0.378. The van der Waals surface area contributed by atoms with Crippen molar-refractivity contribution < 1.29 is 18.7 Å². The molecular formula is C17H16N2O4S. The zero-order chi connectivity index (χ0) is 17.7. The molecule has 0 atom stereocenters. The number of carbonyl (C=O) groups is 2. The smallest absolute Gasteiger partial charge is 0.348 e. The molecule has 0 unspecified atom stereocenters. The van der Waals surface area contributed by atoms with Crippen LogP contribution in [0.3, 0.4) is 0 Å². The largest absolute Gasteiger partial charge is 0.462 e. The van der Waals surface area contributed by atoms with Crippen molar-refractivity contribution in [2.24, 2.45) is 0 Å². The normalized spacial score (nSPS) is 10.6. The van der Waals surface area contributed by atoms with Crippen molar-refractivity contribution in [3.63, 3.8) is 0 Å². The molecule has 2 rings (SSSR count). The minimum absolute atomic E-state index is 0.241. The Labute approximate surface area is 143 Å². The van der Waals surface area contributed by atoms with Gasteiger partial charge in [0, 0.05) is 6.08 Å². The zero-order valence-electron chi connectivity index (χ0n) is 13.5. The summed E-state index contributed by atoms with van der Waals surface area (Å²) >= 11 is 1.03. The first-order chi connectivity index (χ1) is 11.5. The van der Waals surface area contributed by atoms with Crippen molar-refractivity contribution in [3.8, 4) is 6.07 Å². The summed E-state index contributed by atoms with van der Waals surface area (Å²) in [7, 11) is 0. The second kappa shape index (κ2) is 7.62. The third-order valence-electron chi connectivity index (χ3n) is 3.12. The molecule has 1 amide bonds. The van der Waals surface area contributed by atoms with Gasteiger partial charge in [-0.3, -0.25) is 4.79 Å². The highest BCUT2D eigenvalue weighted by Crippen LogP contribution is 2.33. The molecule has 2 aromatic heterocycles. The lowest BCUT2D eigenvalue weighted by molar-refractivity contribution is -0.111. The molecule has 6 nitrogen and oxygen atoms in total. The molecule has 0 saturated heterocycles. The molecule has 0 fully saturated rings. The Morgan fingerprint density at radius 2 is 2.17 bits per heavy atom. The van der Waals surface area contributed by atoms with E-state index in [9.17, 15) is 14.9 Å². The van der Waals surface area contributed by atoms with Crippen molar-refractivity contribution in [1.29, 1.82) is 5.26 Å². The highest BCUT2D eigenvalue weighted by atomic mass is 32.1. The SMILES string of the molecule is CCOC(=O)c1sc(NC(=O)/C=C/c2ccc(C)o2)c(C#N)c1C. The minimum Gasteiger partial charge on any atom is -0.462 e. The molecule has 0 bridgehead atoms. The van der Waals surface area contributed by atoms with Gasteiger partial charge in [-0.2, -0.15) is 5.26 Å². The number of hydrogen-bond acceptors (Lipinski definition) is 6. The van der Waals surface area contributed by atoms with Gasteiger partial charge in [0.2, 0.25) is 5.91 Å². The molecule has 24 heavy (non-hydrogen) atoms. The number of aryl methyl sites for hydroxylation is 1. The summed E-state index contributed by atoms with van der Waals surface area (Å²) in [6.07, 6.45) is 2.83. The Morgan fingerprint density at radius 1 is 1.42 bits per heavy atom. The number of amides is 1. The van der Waals surface area contributed by atoms with E-state index in [1.54, 1.807) is 26.0 Å². The maximum Gasteiger partial charge on any atom is 0.348 e. The number of hydrogen-bond donors (Lipinski definition) is 1. The molecule has 7 heteroatoms. The Bertz CT molecular complexity index is 839. The van der Waals surface area contributed by atoms with Gasteiger partial charge in [-0.25, -0.2) is 4.79 Å². The van der Waals surface area contributed by atoms with Crippen LogP contribution in [-0.2, 0) is 9.53 Å². The van der Waals surface area contributed by atoms with Gasteiger partial charge in [-0.15, -0.1) is 11.3 Å². The third kappa shape index (κ3) is 3.91. The van der Waals surface area contributed by atoms with Crippen LogP contribution in [0.5, 0.6) is 0 Å². The first kappa shape index (κ1) is 17.5. The average Bonchev–Trinajstić information content (AvgIpc) is 3.09. The van der Waals surface area contributed by atoms with E-state index in [0.717, 1.165) is 17.1 Å². The van der Waals surface area contributed by atoms with Crippen LogP contribution in [0.15, 0.2) is 22.6 Å². The number of carbonyl (C=O) groups excluding carboxylic acids is 2. The van der Waals surface area contributed by atoms with E-state index < -0.39 is 11.9 Å². The van der Waals surface area contributed by atoms with Crippen molar-refractivity contribution >= 4 is 34.3 Å². The molecule has 2 aromatic rings. The van der Waals surface area contributed by atoms with Crippen molar-refractivity contribution in [3.05, 3.63) is 45.7 Å². The maximum absolute atomic E-state index is 12.0. The van der Waals surface area contributed by atoms with Crippen LogP contribution in [0, 0.1) is 25.2 Å². The highest BCUT2D eigenvalue weighted by molar-refractivity contribution is 7.18. The molecule has 124 valence electrons. The lowest BCUT2D eigenvalue weighted by Crippen LogP contribution is -2.07. The number of ether oxygens (including phenoxy) is 1. The number of thiophene rings is 1. The van der Waals surface area contributed by atoms with E-state index in [2.05, 4.69) is 5.32 Å². The zero-order valence-corrected chi connectivity index (χ0v) is 14.3. The minimum atomic E-state index is -0.501. The maximum atomic E-state index is 12.0. The third-order valence-corrected chi connectivity index (χ3v) is 4.30. The molecular weight excluding hydrogens is 328 g/mol. The van der Waals surface area contributed by atoms with Crippen LogP contribution in [0.25, 0.3) is 6.08 Å². The first-order valence-corrected chi connectivity index (χ1v) is 8.04. The van der Waals surface area contributed by atoms with Crippen LogP contribution in [-0.4, -0.2) is 18.5 Å². The van der Waals surface area contributed by atoms with Crippen molar-refractivity contribution in [1.82, 2.24) is 0 Å². The van der Waals surface area contributed by atoms with Crippen molar-refractivity contribution in [2.45, 2.75) is 20.8 Å². The van der Waals surface area contributed by atoms with Crippen LogP contribution in [0.2, 0.25) is 0 Å². The fourth-order valence-corrected chi connectivity index (χ4v) is 3.04. The number of nitrogens with zero attached hydrogens (tertiary/aromatic N) is 1. The van der Waals surface area contributed by atoms with Crippen LogP contribution < -0.4 is 5.32 Å².